The molecule has 0 spiro atoms. The number of fused-ring (bicyclic) bond motifs is 1. The molecule has 5 nitrogen and oxygen atoms in total. The van der Waals surface area contributed by atoms with Crippen LogP contribution in [-0.4, -0.2) is 16.2 Å². The van der Waals surface area contributed by atoms with Gasteiger partial charge in [-0.15, -0.1) is 0 Å². The van der Waals surface area contributed by atoms with E-state index < -0.39 is 0 Å². The lowest BCUT2D eigenvalue weighted by atomic mass is 10.1. The van der Waals surface area contributed by atoms with Crippen LogP contribution in [0.5, 0.6) is 0 Å². The van der Waals surface area contributed by atoms with E-state index in [1.165, 1.54) is 0 Å². The Hall–Kier alpha value is -2.82. The molecule has 0 radical (unpaired) electrons. The maximum Gasteiger partial charge on any atom is 0.287 e. The molecule has 0 bridgehead atoms. The summed E-state index contributed by atoms with van der Waals surface area (Å²) in [7, 11) is 1.82. The molecule has 118 valence electrons. The van der Waals surface area contributed by atoms with E-state index in [9.17, 15) is 4.79 Å². The van der Waals surface area contributed by atoms with Gasteiger partial charge in [0.25, 0.3) is 5.91 Å². The molecule has 0 atom stereocenters. The first-order valence-electron chi connectivity index (χ1n) is 7.58. The number of furan rings is 1. The van der Waals surface area contributed by atoms with E-state index >= 15 is 0 Å². The monoisotopic (exact) mass is 309 g/mol. The van der Waals surface area contributed by atoms with Crippen molar-refractivity contribution in [3.8, 4) is 0 Å². The quantitative estimate of drug-likeness (QED) is 0.592. The topological polar surface area (TPSA) is 59.5 Å². The number of amides is 1. The first kappa shape index (κ1) is 15.1. The Morgan fingerprint density at radius 2 is 2.04 bits per heavy atom. The predicted octanol–water partition coefficient (Wildman–Crippen LogP) is 3.49. The minimum Gasteiger partial charge on any atom is -0.454 e. The maximum absolute atomic E-state index is 12.1. The highest BCUT2D eigenvalue weighted by atomic mass is 16.3. The summed E-state index contributed by atoms with van der Waals surface area (Å²) in [4.78, 5) is 12.1. The SMILES string of the molecule is CCc1c(C(C)=NNC(=O)c2cccn2C)oc2ccccc12. The Labute approximate surface area is 134 Å². The molecule has 0 aliphatic rings. The Kier molecular flexibility index (Phi) is 4.02. The van der Waals surface area contributed by atoms with E-state index in [4.69, 9.17) is 4.42 Å². The van der Waals surface area contributed by atoms with Crippen LogP contribution in [-0.2, 0) is 13.5 Å². The van der Waals surface area contributed by atoms with Crippen molar-refractivity contribution in [2.75, 3.05) is 0 Å². The summed E-state index contributed by atoms with van der Waals surface area (Å²) in [6.45, 7) is 3.92. The number of carbonyl (C=O) groups excluding carboxylic acids is 1. The molecule has 5 heteroatoms. The first-order chi connectivity index (χ1) is 11.1. The molecule has 0 aliphatic carbocycles. The third-order valence-electron chi connectivity index (χ3n) is 3.88. The predicted molar refractivity (Wildman–Crippen MR) is 90.7 cm³/mol. The highest BCUT2D eigenvalue weighted by Gasteiger charge is 2.15. The van der Waals surface area contributed by atoms with Gasteiger partial charge in [-0.25, -0.2) is 5.43 Å². The molecule has 1 N–H and O–H groups in total. The molecule has 0 fully saturated rings. The number of carbonyl (C=O) groups is 1. The van der Waals surface area contributed by atoms with Crippen molar-refractivity contribution in [3.63, 3.8) is 0 Å². The van der Waals surface area contributed by atoms with Crippen LogP contribution in [0.2, 0.25) is 0 Å². The lowest BCUT2D eigenvalue weighted by Crippen LogP contribution is -2.21. The number of para-hydroxylation sites is 1. The molecule has 0 unspecified atom stereocenters. The highest BCUT2D eigenvalue weighted by molar-refractivity contribution is 6.03. The molecular weight excluding hydrogens is 290 g/mol. The third kappa shape index (κ3) is 2.77. The Bertz CT molecular complexity index is 887. The van der Waals surface area contributed by atoms with Crippen LogP contribution in [0.3, 0.4) is 0 Å². The van der Waals surface area contributed by atoms with Gasteiger partial charge in [0.1, 0.15) is 17.0 Å². The number of hydrazone groups is 1. The molecule has 0 saturated carbocycles. The fourth-order valence-electron chi connectivity index (χ4n) is 2.68. The minimum atomic E-state index is -0.244. The third-order valence-corrected chi connectivity index (χ3v) is 3.88. The minimum absolute atomic E-state index is 0.244. The summed E-state index contributed by atoms with van der Waals surface area (Å²) in [6, 6.07) is 11.5. The molecule has 2 aromatic heterocycles. The zero-order valence-corrected chi connectivity index (χ0v) is 13.5. The van der Waals surface area contributed by atoms with Crippen LogP contribution >= 0.6 is 0 Å². The number of nitrogens with one attached hydrogen (secondary N) is 1. The van der Waals surface area contributed by atoms with Crippen molar-refractivity contribution in [1.82, 2.24) is 9.99 Å². The molecule has 1 aromatic carbocycles. The maximum atomic E-state index is 12.1. The zero-order valence-electron chi connectivity index (χ0n) is 13.5. The van der Waals surface area contributed by atoms with E-state index in [1.807, 2.05) is 50.5 Å². The van der Waals surface area contributed by atoms with Crippen LogP contribution in [0.1, 0.15) is 35.7 Å². The second-order valence-electron chi connectivity index (χ2n) is 5.40. The van der Waals surface area contributed by atoms with Gasteiger partial charge in [0.05, 0.1) is 0 Å². The van der Waals surface area contributed by atoms with Gasteiger partial charge in [-0.1, -0.05) is 25.1 Å². The van der Waals surface area contributed by atoms with E-state index in [0.717, 1.165) is 28.7 Å². The summed E-state index contributed by atoms with van der Waals surface area (Å²) >= 11 is 0. The van der Waals surface area contributed by atoms with Crippen LogP contribution in [0.4, 0.5) is 0 Å². The Morgan fingerprint density at radius 1 is 1.26 bits per heavy atom. The number of hydrogen-bond donors (Lipinski definition) is 1. The average Bonchev–Trinajstić information content (AvgIpc) is 3.15. The fourth-order valence-corrected chi connectivity index (χ4v) is 2.68. The van der Waals surface area contributed by atoms with Crippen molar-refractivity contribution in [2.45, 2.75) is 20.3 Å². The Balaban J connectivity index is 1.89. The second kappa shape index (κ2) is 6.12. The summed E-state index contributed by atoms with van der Waals surface area (Å²) in [6.07, 6.45) is 2.66. The lowest BCUT2D eigenvalue weighted by molar-refractivity contribution is 0.0946. The van der Waals surface area contributed by atoms with E-state index in [0.29, 0.717) is 11.4 Å². The summed E-state index contributed by atoms with van der Waals surface area (Å²) in [5.74, 6) is 0.479. The van der Waals surface area contributed by atoms with Crippen molar-refractivity contribution < 1.29 is 9.21 Å². The van der Waals surface area contributed by atoms with E-state index in [2.05, 4.69) is 17.5 Å². The fraction of sp³-hybridized carbons (Fsp3) is 0.222. The summed E-state index contributed by atoms with van der Waals surface area (Å²) in [5.41, 5.74) is 5.74. The largest absolute Gasteiger partial charge is 0.454 e. The number of rotatable bonds is 4. The van der Waals surface area contributed by atoms with Crippen LogP contribution in [0.15, 0.2) is 52.1 Å². The normalized spacial score (nSPS) is 11.9. The molecule has 3 aromatic rings. The van der Waals surface area contributed by atoms with Crippen LogP contribution < -0.4 is 5.43 Å². The molecule has 0 saturated heterocycles. The molecule has 1 amide bonds. The van der Waals surface area contributed by atoms with Gasteiger partial charge in [0.2, 0.25) is 0 Å². The van der Waals surface area contributed by atoms with Gasteiger partial charge in [-0.05, 0) is 31.5 Å². The van der Waals surface area contributed by atoms with Gasteiger partial charge >= 0.3 is 0 Å². The van der Waals surface area contributed by atoms with Gasteiger partial charge in [0.15, 0.2) is 5.76 Å². The van der Waals surface area contributed by atoms with Gasteiger partial charge in [-0.3, -0.25) is 4.79 Å². The molecular formula is C18H19N3O2. The lowest BCUT2D eigenvalue weighted by Gasteiger charge is -2.03. The van der Waals surface area contributed by atoms with E-state index in [-0.39, 0.29) is 5.91 Å². The molecule has 3 rings (SSSR count). The standard InChI is InChI=1S/C18H19N3O2/c1-4-13-14-8-5-6-10-16(14)23-17(13)12(2)19-20-18(22)15-9-7-11-21(15)3/h5-11H,4H2,1-3H3,(H,20,22). The summed E-state index contributed by atoms with van der Waals surface area (Å²) in [5, 5.41) is 5.30. The molecule has 2 heterocycles. The van der Waals surface area contributed by atoms with Crippen molar-refractivity contribution in [2.24, 2.45) is 12.1 Å². The van der Waals surface area contributed by atoms with Crippen LogP contribution in [0.25, 0.3) is 11.0 Å². The number of aryl methyl sites for hydroxylation is 2. The van der Waals surface area contributed by atoms with Crippen LogP contribution in [0, 0.1) is 0 Å². The number of nitrogens with zero attached hydrogens (tertiary/aromatic N) is 2. The van der Waals surface area contributed by atoms with E-state index in [1.54, 1.807) is 10.6 Å². The van der Waals surface area contributed by atoms with Crippen molar-refractivity contribution in [1.29, 1.82) is 0 Å². The first-order valence-corrected chi connectivity index (χ1v) is 7.58. The molecule has 0 aliphatic heterocycles. The summed E-state index contributed by atoms with van der Waals surface area (Å²) < 4.78 is 7.66. The van der Waals surface area contributed by atoms with Crippen molar-refractivity contribution in [3.05, 3.63) is 59.6 Å². The second-order valence-corrected chi connectivity index (χ2v) is 5.40. The number of aromatic nitrogens is 1. The molecule has 23 heavy (non-hydrogen) atoms. The smallest absolute Gasteiger partial charge is 0.287 e. The van der Waals surface area contributed by atoms with Gasteiger partial charge in [0, 0.05) is 24.2 Å². The number of hydrogen-bond acceptors (Lipinski definition) is 3. The highest BCUT2D eigenvalue weighted by Crippen LogP contribution is 2.26. The van der Waals surface area contributed by atoms with Gasteiger partial charge in [-0.2, -0.15) is 5.10 Å². The zero-order chi connectivity index (χ0) is 16.4. The van der Waals surface area contributed by atoms with Crippen molar-refractivity contribution >= 4 is 22.6 Å². The van der Waals surface area contributed by atoms with Gasteiger partial charge < -0.3 is 8.98 Å². The Morgan fingerprint density at radius 3 is 2.74 bits per heavy atom. The average molecular weight is 309 g/mol. The number of benzene rings is 1.